The molecule has 0 rings (SSSR count). The van der Waals surface area contributed by atoms with Crippen LogP contribution in [0.2, 0.25) is 0 Å². The summed E-state index contributed by atoms with van der Waals surface area (Å²) in [5, 5.41) is 2.75. The van der Waals surface area contributed by atoms with Crippen molar-refractivity contribution in [2.75, 3.05) is 14.1 Å². The molecule has 1 heteroatoms. The molecule has 0 bridgehead atoms. The first-order chi connectivity index (χ1) is 3.33. The van der Waals surface area contributed by atoms with Gasteiger partial charge >= 0.3 is 0 Å². The van der Waals surface area contributed by atoms with Crippen LogP contribution in [0, 0.1) is 6.42 Å². The van der Waals surface area contributed by atoms with Gasteiger partial charge < -0.3 is 5.32 Å². The minimum atomic E-state index is 1.19. The van der Waals surface area contributed by atoms with E-state index < -0.39 is 0 Å². The van der Waals surface area contributed by atoms with Crippen LogP contribution in [0.25, 0.3) is 0 Å². The number of rotatable bonds is 1. The van der Waals surface area contributed by atoms with Crippen molar-refractivity contribution in [1.29, 1.82) is 0 Å². The van der Waals surface area contributed by atoms with Crippen molar-refractivity contribution in [3.8, 4) is 0 Å². The van der Waals surface area contributed by atoms with E-state index in [0.717, 1.165) is 0 Å². The number of hydrogen-bond acceptors (Lipinski definition) is 1. The highest BCUT2D eigenvalue weighted by molar-refractivity contribution is 4.45. The monoisotopic (exact) mass is 102 g/mol. The summed E-state index contributed by atoms with van der Waals surface area (Å²) in [7, 11) is 3.75. The van der Waals surface area contributed by atoms with E-state index in [1.165, 1.54) is 6.42 Å². The highest BCUT2D eigenvalue weighted by Gasteiger charge is 1.57. The molecule has 0 aliphatic carbocycles. The lowest BCUT2D eigenvalue weighted by Crippen LogP contribution is -1.89. The summed E-state index contributed by atoms with van der Waals surface area (Å²) in [6.45, 7) is 4.18. The Balaban J connectivity index is 0. The fraction of sp³-hybridized carbons (Fsp3) is 0.833. The molecule has 0 aromatic heterocycles. The Morgan fingerprint density at radius 2 is 1.57 bits per heavy atom. The quantitative estimate of drug-likeness (QED) is 0.528. The zero-order valence-corrected chi connectivity index (χ0v) is 5.78. The van der Waals surface area contributed by atoms with Gasteiger partial charge in [-0.2, -0.15) is 0 Å². The molecule has 45 valence electrons. The molecule has 7 heavy (non-hydrogen) atoms. The molecule has 0 aromatic rings. The summed E-state index contributed by atoms with van der Waals surface area (Å²) in [5.74, 6) is 0. The Morgan fingerprint density at radius 3 is 1.57 bits per heavy atom. The predicted molar refractivity (Wildman–Crippen MR) is 35.2 cm³/mol. The largest absolute Gasteiger partial charge is 0.323 e. The summed E-state index contributed by atoms with van der Waals surface area (Å²) in [6.07, 6.45) is 3.32. The number of hydrogen-bond donors (Lipinski definition) is 1. The molecule has 0 spiro atoms. The molecule has 0 aliphatic heterocycles. The van der Waals surface area contributed by atoms with Crippen LogP contribution in [-0.2, 0) is 0 Å². The summed E-state index contributed by atoms with van der Waals surface area (Å²) in [6, 6.07) is 0. The first-order valence-corrected chi connectivity index (χ1v) is 2.69. The predicted octanol–water partition coefficient (Wildman–Crippen LogP) is 1.46. The fourth-order valence-corrected chi connectivity index (χ4v) is 0. The maximum Gasteiger partial charge on any atom is -0.0167 e. The molecule has 0 fully saturated rings. The maximum atomic E-state index is 2.75. The minimum absolute atomic E-state index is 1.19. The third kappa shape index (κ3) is 101. The van der Waals surface area contributed by atoms with E-state index in [0.29, 0.717) is 0 Å². The van der Waals surface area contributed by atoms with Crippen LogP contribution in [0.15, 0.2) is 0 Å². The van der Waals surface area contributed by atoms with Crippen LogP contribution in [0.5, 0.6) is 0 Å². The first kappa shape index (κ1) is 10.0. The van der Waals surface area contributed by atoms with Crippen LogP contribution < -0.4 is 5.32 Å². The average molecular weight is 102 g/mol. The SMILES string of the molecule is CNC.C[CH]CC. The summed E-state index contributed by atoms with van der Waals surface area (Å²) < 4.78 is 0. The van der Waals surface area contributed by atoms with Gasteiger partial charge in [0.1, 0.15) is 0 Å². The lowest BCUT2D eigenvalue weighted by molar-refractivity contribution is 1.02. The Morgan fingerprint density at radius 1 is 1.43 bits per heavy atom. The molecule has 0 amide bonds. The molecule has 1 nitrogen and oxygen atoms in total. The Bertz CT molecular complexity index is 11.7. The molecular formula is C6H16N. The Kier molecular flexibility index (Phi) is 24.0. The third-order valence-electron chi connectivity index (χ3n) is 0.408. The molecule has 0 atom stereocenters. The van der Waals surface area contributed by atoms with E-state index >= 15 is 0 Å². The Hall–Kier alpha value is -0.0400. The summed E-state index contributed by atoms with van der Waals surface area (Å²) >= 11 is 0. The van der Waals surface area contributed by atoms with Gasteiger partial charge in [-0.05, 0) is 20.5 Å². The number of unbranched alkanes of at least 4 members (excludes halogenated alkanes) is 1. The number of nitrogens with one attached hydrogen (secondary N) is 1. The lowest BCUT2D eigenvalue weighted by Gasteiger charge is -1.67. The van der Waals surface area contributed by atoms with E-state index in [2.05, 4.69) is 25.6 Å². The van der Waals surface area contributed by atoms with Gasteiger partial charge in [0.25, 0.3) is 0 Å². The van der Waals surface area contributed by atoms with Crippen molar-refractivity contribution in [3.63, 3.8) is 0 Å². The molecule has 1 N–H and O–H groups in total. The molecule has 0 saturated heterocycles. The molecular weight excluding hydrogens is 86.1 g/mol. The van der Waals surface area contributed by atoms with Crippen LogP contribution in [-0.4, -0.2) is 14.1 Å². The van der Waals surface area contributed by atoms with E-state index in [-0.39, 0.29) is 0 Å². The summed E-state index contributed by atoms with van der Waals surface area (Å²) in [4.78, 5) is 0. The molecule has 0 aromatic carbocycles. The topological polar surface area (TPSA) is 12.0 Å². The molecule has 1 radical (unpaired) electrons. The van der Waals surface area contributed by atoms with Gasteiger partial charge in [0.05, 0.1) is 0 Å². The molecule has 0 saturated carbocycles. The zero-order chi connectivity index (χ0) is 6.12. The van der Waals surface area contributed by atoms with E-state index in [1.54, 1.807) is 0 Å². The third-order valence-corrected chi connectivity index (χ3v) is 0.408. The van der Waals surface area contributed by atoms with Crippen molar-refractivity contribution >= 4 is 0 Å². The van der Waals surface area contributed by atoms with Crippen molar-refractivity contribution in [2.24, 2.45) is 0 Å². The summed E-state index contributed by atoms with van der Waals surface area (Å²) in [5.41, 5.74) is 0. The van der Waals surface area contributed by atoms with Gasteiger partial charge in [0.15, 0.2) is 0 Å². The van der Waals surface area contributed by atoms with Crippen LogP contribution in [0.1, 0.15) is 20.3 Å². The van der Waals surface area contributed by atoms with E-state index in [4.69, 9.17) is 0 Å². The van der Waals surface area contributed by atoms with Gasteiger partial charge in [-0.1, -0.05) is 20.3 Å². The normalized spacial score (nSPS) is 6.86. The second kappa shape index (κ2) is 16.7. The second-order valence-electron chi connectivity index (χ2n) is 1.32. The zero-order valence-electron chi connectivity index (χ0n) is 5.78. The van der Waals surface area contributed by atoms with E-state index in [1.807, 2.05) is 14.1 Å². The standard InChI is InChI=1S/C4H9.C2H7N/c1-3-4-2;1-3-2/h3H,4H2,1-2H3;3H,1-2H3. The van der Waals surface area contributed by atoms with Gasteiger partial charge in [-0.15, -0.1) is 0 Å². The molecule has 0 heterocycles. The van der Waals surface area contributed by atoms with E-state index in [9.17, 15) is 0 Å². The van der Waals surface area contributed by atoms with Crippen LogP contribution in [0.3, 0.4) is 0 Å². The maximum absolute atomic E-state index is 2.75. The van der Waals surface area contributed by atoms with Crippen LogP contribution >= 0.6 is 0 Å². The van der Waals surface area contributed by atoms with Gasteiger partial charge in [-0.3, -0.25) is 0 Å². The average Bonchev–Trinajstić information content (AvgIpc) is 1.69. The van der Waals surface area contributed by atoms with Gasteiger partial charge in [-0.25, -0.2) is 0 Å². The first-order valence-electron chi connectivity index (χ1n) is 2.69. The Labute approximate surface area is 47.1 Å². The van der Waals surface area contributed by atoms with Gasteiger partial charge in [0, 0.05) is 0 Å². The highest BCUT2D eigenvalue weighted by Crippen LogP contribution is 1.74. The molecule has 0 unspecified atom stereocenters. The minimum Gasteiger partial charge on any atom is -0.323 e. The van der Waals surface area contributed by atoms with Gasteiger partial charge in [0.2, 0.25) is 0 Å². The van der Waals surface area contributed by atoms with Crippen molar-refractivity contribution in [1.82, 2.24) is 5.32 Å². The highest BCUT2D eigenvalue weighted by atomic mass is 14.7. The smallest absolute Gasteiger partial charge is 0.0167 e. The molecule has 0 aliphatic rings. The van der Waals surface area contributed by atoms with Crippen LogP contribution in [0.4, 0.5) is 0 Å². The van der Waals surface area contributed by atoms with Crippen molar-refractivity contribution in [3.05, 3.63) is 6.42 Å². The fourth-order valence-electron chi connectivity index (χ4n) is 0. The van der Waals surface area contributed by atoms with Crippen molar-refractivity contribution < 1.29 is 0 Å². The van der Waals surface area contributed by atoms with Crippen molar-refractivity contribution in [2.45, 2.75) is 20.3 Å². The lowest BCUT2D eigenvalue weighted by atomic mass is 10.4. The second-order valence-corrected chi connectivity index (χ2v) is 1.32.